The monoisotopic (exact) mass is 196 g/mol. The first-order valence-corrected chi connectivity index (χ1v) is 6.08. The average molecular weight is 196 g/mol. The van der Waals surface area contributed by atoms with Crippen molar-refractivity contribution < 1.29 is 0 Å². The maximum Gasteiger partial charge on any atom is 0.125 e. The van der Waals surface area contributed by atoms with Crippen LogP contribution in [0.25, 0.3) is 0 Å². The third-order valence-corrected chi connectivity index (χ3v) is 3.81. The molecule has 0 amide bonds. The minimum absolute atomic E-state index is 0.420. The molecule has 0 aliphatic rings. The van der Waals surface area contributed by atoms with Gasteiger partial charge < -0.3 is 0 Å². The molecule has 0 aromatic rings. The molecule has 0 N–H and O–H groups in total. The van der Waals surface area contributed by atoms with Crippen molar-refractivity contribution in [2.75, 3.05) is 0 Å². The predicted octanol–water partition coefficient (Wildman–Crippen LogP) is 4.52. The first-order chi connectivity index (χ1) is 6.08. The summed E-state index contributed by atoms with van der Waals surface area (Å²) in [5, 5.41) is 0.505. The van der Waals surface area contributed by atoms with Crippen LogP contribution >= 0.6 is 0 Å². The summed E-state index contributed by atoms with van der Waals surface area (Å²) in [4.78, 5) is 0. The van der Waals surface area contributed by atoms with E-state index in [-0.39, 0.29) is 0 Å². The fourth-order valence-corrected chi connectivity index (χ4v) is 2.84. The number of rotatable bonds is 3. The first-order valence-electron chi connectivity index (χ1n) is 6.08. The topological polar surface area (TPSA) is 0 Å². The van der Waals surface area contributed by atoms with E-state index in [9.17, 15) is 0 Å². The van der Waals surface area contributed by atoms with E-state index in [4.69, 9.17) is 0 Å². The van der Waals surface area contributed by atoms with Crippen LogP contribution in [-0.2, 0) is 0 Å². The summed E-state index contributed by atoms with van der Waals surface area (Å²) in [6.07, 6.45) is 2.63. The highest BCUT2D eigenvalue weighted by molar-refractivity contribution is 6.38. The van der Waals surface area contributed by atoms with Gasteiger partial charge in [0.2, 0.25) is 0 Å². The molecule has 0 bridgehead atoms. The van der Waals surface area contributed by atoms with E-state index in [1.54, 1.807) is 0 Å². The van der Waals surface area contributed by atoms with Crippen molar-refractivity contribution in [3.63, 3.8) is 0 Å². The Morgan fingerprint density at radius 2 is 1.36 bits per heavy atom. The van der Waals surface area contributed by atoms with Gasteiger partial charge in [-0.1, -0.05) is 61.7 Å². The molecule has 0 fully saturated rings. The van der Waals surface area contributed by atoms with Crippen molar-refractivity contribution in [3.8, 4) is 0 Å². The molecule has 1 atom stereocenters. The van der Waals surface area contributed by atoms with Gasteiger partial charge in [0.15, 0.2) is 0 Å². The van der Waals surface area contributed by atoms with Gasteiger partial charge in [0, 0.05) is 0 Å². The predicted molar refractivity (Wildman–Crippen MR) is 69.5 cm³/mol. The quantitative estimate of drug-likeness (QED) is 0.582. The van der Waals surface area contributed by atoms with E-state index in [0.29, 0.717) is 16.1 Å². The summed E-state index contributed by atoms with van der Waals surface area (Å²) < 4.78 is 0. The lowest BCUT2D eigenvalue weighted by Gasteiger charge is -2.47. The Kier molecular flexibility index (Phi) is 4.31. The summed E-state index contributed by atoms with van der Waals surface area (Å²) in [5.41, 5.74) is 0.864. The number of hydrogen-bond donors (Lipinski definition) is 0. The minimum Gasteiger partial charge on any atom is -0.0888 e. The zero-order valence-electron chi connectivity index (χ0n) is 11.6. The van der Waals surface area contributed by atoms with Crippen molar-refractivity contribution in [2.45, 2.75) is 73.4 Å². The molecular weight excluding hydrogens is 167 g/mol. The van der Waals surface area contributed by atoms with Gasteiger partial charge >= 0.3 is 0 Å². The van der Waals surface area contributed by atoms with Crippen LogP contribution in [0, 0.1) is 10.8 Å². The van der Waals surface area contributed by atoms with E-state index in [1.807, 2.05) is 0 Å². The van der Waals surface area contributed by atoms with E-state index in [1.165, 1.54) is 20.1 Å². The highest BCUT2D eigenvalue weighted by Crippen LogP contribution is 2.54. The lowest BCUT2D eigenvalue weighted by molar-refractivity contribution is 0.175. The van der Waals surface area contributed by atoms with Crippen molar-refractivity contribution in [1.82, 2.24) is 0 Å². The van der Waals surface area contributed by atoms with Crippen LogP contribution in [0.4, 0.5) is 0 Å². The second-order valence-corrected chi connectivity index (χ2v) is 6.97. The fraction of sp³-hybridized carbons (Fsp3) is 1.00. The third kappa shape index (κ3) is 3.33. The molecular formula is C13H29B. The van der Waals surface area contributed by atoms with Crippen molar-refractivity contribution in [1.29, 1.82) is 0 Å². The van der Waals surface area contributed by atoms with Crippen molar-refractivity contribution >= 4 is 7.28 Å². The average Bonchev–Trinajstić information content (AvgIpc) is 1.96. The van der Waals surface area contributed by atoms with Crippen LogP contribution in [0.2, 0.25) is 12.1 Å². The molecule has 0 radical (unpaired) electrons. The Hall–Kier alpha value is 0.0649. The Balaban J connectivity index is 4.91. The van der Waals surface area contributed by atoms with Gasteiger partial charge in [-0.25, -0.2) is 0 Å². The van der Waals surface area contributed by atoms with E-state index >= 15 is 0 Å². The van der Waals surface area contributed by atoms with Crippen LogP contribution in [0.5, 0.6) is 0 Å². The van der Waals surface area contributed by atoms with Crippen LogP contribution in [0.3, 0.4) is 0 Å². The molecule has 0 aliphatic carbocycles. The van der Waals surface area contributed by atoms with Crippen LogP contribution in [-0.4, -0.2) is 7.28 Å². The van der Waals surface area contributed by atoms with Gasteiger partial charge in [-0.15, -0.1) is 0 Å². The zero-order valence-corrected chi connectivity index (χ0v) is 11.6. The van der Waals surface area contributed by atoms with E-state index in [2.05, 4.69) is 55.3 Å². The summed E-state index contributed by atoms with van der Waals surface area (Å²) >= 11 is 0. The van der Waals surface area contributed by atoms with Gasteiger partial charge in [-0.05, 0) is 22.6 Å². The van der Waals surface area contributed by atoms with Crippen LogP contribution < -0.4 is 0 Å². The molecule has 14 heavy (non-hydrogen) atoms. The fourth-order valence-electron chi connectivity index (χ4n) is 2.84. The van der Waals surface area contributed by atoms with Gasteiger partial charge in [-0.3, -0.25) is 0 Å². The molecule has 84 valence electrons. The van der Waals surface area contributed by atoms with E-state index in [0.717, 1.165) is 0 Å². The first kappa shape index (κ1) is 14.1. The van der Waals surface area contributed by atoms with Crippen LogP contribution in [0.1, 0.15) is 61.3 Å². The molecule has 0 saturated carbocycles. The molecule has 0 nitrogen and oxygen atoms in total. The minimum atomic E-state index is 0.420. The smallest absolute Gasteiger partial charge is 0.0888 e. The van der Waals surface area contributed by atoms with E-state index < -0.39 is 0 Å². The second kappa shape index (κ2) is 4.29. The second-order valence-electron chi connectivity index (χ2n) is 6.97. The maximum atomic E-state index is 2.39. The molecule has 0 aromatic carbocycles. The zero-order chi connectivity index (χ0) is 11.6. The number of hydrogen-bond acceptors (Lipinski definition) is 0. The van der Waals surface area contributed by atoms with Gasteiger partial charge in [0.25, 0.3) is 0 Å². The van der Waals surface area contributed by atoms with Crippen LogP contribution in [0.15, 0.2) is 0 Å². The molecule has 0 aliphatic heterocycles. The molecule has 0 spiro atoms. The Morgan fingerprint density at radius 3 is 1.43 bits per heavy atom. The Bertz CT molecular complexity index is 165. The summed E-state index contributed by atoms with van der Waals surface area (Å²) in [6.45, 7) is 19.0. The normalized spacial score (nSPS) is 17.7. The standard InChI is InChI=1S/C13H29B/c1-9-13(14-8,12(5,6)7)10-11(2,3)4/h14H,9-10H2,1-8H3. The van der Waals surface area contributed by atoms with Crippen molar-refractivity contribution in [3.05, 3.63) is 0 Å². The highest BCUT2D eigenvalue weighted by Gasteiger charge is 2.41. The molecule has 1 heteroatoms. The largest absolute Gasteiger partial charge is 0.125 e. The molecule has 0 heterocycles. The summed E-state index contributed by atoms with van der Waals surface area (Å²) in [7, 11) is 1.30. The molecule has 0 rings (SSSR count). The Morgan fingerprint density at radius 1 is 0.929 bits per heavy atom. The summed E-state index contributed by atoms with van der Waals surface area (Å²) in [5.74, 6) is 0. The third-order valence-electron chi connectivity index (χ3n) is 3.81. The summed E-state index contributed by atoms with van der Waals surface area (Å²) in [6, 6.07) is 0. The molecule has 1 unspecified atom stereocenters. The molecule has 0 aromatic heterocycles. The highest BCUT2D eigenvalue weighted by atomic mass is 14.4. The molecule has 0 saturated heterocycles. The SMILES string of the molecule is CBC(CC)(CC(C)(C)C)C(C)(C)C. The van der Waals surface area contributed by atoms with Gasteiger partial charge in [0.1, 0.15) is 7.28 Å². The van der Waals surface area contributed by atoms with Crippen molar-refractivity contribution in [2.24, 2.45) is 10.8 Å². The lowest BCUT2D eigenvalue weighted by Crippen LogP contribution is -2.36. The lowest BCUT2D eigenvalue weighted by atomic mass is 9.40. The Labute approximate surface area is 92.1 Å². The van der Waals surface area contributed by atoms with Gasteiger partial charge in [-0.2, -0.15) is 0 Å². The van der Waals surface area contributed by atoms with Gasteiger partial charge in [0.05, 0.1) is 0 Å². The maximum absolute atomic E-state index is 2.39.